The number of hydrogen-bond acceptors (Lipinski definition) is 3. The van der Waals surface area contributed by atoms with Crippen LogP contribution in [-0.4, -0.2) is 29.7 Å². The van der Waals surface area contributed by atoms with Crippen LogP contribution >= 0.6 is 0 Å². The van der Waals surface area contributed by atoms with Crippen molar-refractivity contribution in [2.45, 2.75) is 39.8 Å². The second-order valence-electron chi connectivity index (χ2n) is 6.39. The quantitative estimate of drug-likeness (QED) is 0.779. The smallest absolute Gasteiger partial charge is 0.241 e. The van der Waals surface area contributed by atoms with Gasteiger partial charge in [0.05, 0.1) is 6.04 Å². The Hall–Kier alpha value is -2.46. The minimum Gasteiger partial charge on any atom is -0.325 e. The number of nitrogens with one attached hydrogen (secondary N) is 1. The average Bonchev–Trinajstić information content (AvgIpc) is 2.61. The Morgan fingerprint density at radius 1 is 1.08 bits per heavy atom. The molecule has 0 aliphatic carbocycles. The lowest BCUT2D eigenvalue weighted by Gasteiger charge is -2.24. The van der Waals surface area contributed by atoms with Gasteiger partial charge in [-0.05, 0) is 50.6 Å². The van der Waals surface area contributed by atoms with Crippen molar-refractivity contribution in [2.24, 2.45) is 0 Å². The molecule has 25 heavy (non-hydrogen) atoms. The molecule has 1 N–H and O–H groups in total. The molecule has 0 fully saturated rings. The van der Waals surface area contributed by atoms with Gasteiger partial charge < -0.3 is 5.32 Å². The van der Waals surface area contributed by atoms with Crippen LogP contribution in [0.3, 0.4) is 0 Å². The number of aryl methyl sites for hydroxylation is 1. The highest BCUT2D eigenvalue weighted by molar-refractivity contribution is 5.98. The van der Waals surface area contributed by atoms with Crippen LogP contribution in [0.5, 0.6) is 0 Å². The number of rotatable bonds is 7. The van der Waals surface area contributed by atoms with E-state index in [9.17, 15) is 9.59 Å². The number of amides is 1. The van der Waals surface area contributed by atoms with Crippen LogP contribution in [0.4, 0.5) is 5.69 Å². The number of carbonyl (C=O) groups excluding carboxylic acids is 2. The monoisotopic (exact) mass is 338 g/mol. The Morgan fingerprint density at radius 2 is 1.72 bits per heavy atom. The summed E-state index contributed by atoms with van der Waals surface area (Å²) in [5.74, 6) is -0.106. The maximum Gasteiger partial charge on any atom is 0.241 e. The van der Waals surface area contributed by atoms with Gasteiger partial charge in [0.25, 0.3) is 0 Å². The van der Waals surface area contributed by atoms with E-state index in [1.165, 1.54) is 18.1 Å². The Kier molecular flexibility index (Phi) is 6.48. The van der Waals surface area contributed by atoms with E-state index in [1.54, 1.807) is 24.3 Å². The van der Waals surface area contributed by atoms with E-state index in [1.807, 2.05) is 18.9 Å². The Labute approximate surface area is 149 Å². The topological polar surface area (TPSA) is 49.4 Å². The van der Waals surface area contributed by atoms with Crippen LogP contribution in [-0.2, 0) is 17.8 Å². The average molecular weight is 338 g/mol. The maximum absolute atomic E-state index is 12.5. The summed E-state index contributed by atoms with van der Waals surface area (Å²) in [4.78, 5) is 25.9. The molecule has 1 amide bonds. The van der Waals surface area contributed by atoms with E-state index < -0.39 is 0 Å². The Morgan fingerprint density at radius 3 is 2.32 bits per heavy atom. The van der Waals surface area contributed by atoms with Crippen LogP contribution in [0.2, 0.25) is 0 Å². The summed E-state index contributed by atoms with van der Waals surface area (Å²) in [5, 5.41) is 2.89. The minimum atomic E-state index is -0.285. The van der Waals surface area contributed by atoms with Crippen molar-refractivity contribution < 1.29 is 9.59 Å². The summed E-state index contributed by atoms with van der Waals surface area (Å²) in [6.45, 7) is 6.23. The van der Waals surface area contributed by atoms with Gasteiger partial charge in [-0.15, -0.1) is 0 Å². The molecule has 4 heteroatoms. The Bertz CT molecular complexity index is 738. The maximum atomic E-state index is 12.5. The van der Waals surface area contributed by atoms with Gasteiger partial charge in [0.2, 0.25) is 5.91 Å². The first kappa shape index (κ1) is 18.9. The van der Waals surface area contributed by atoms with Crippen molar-refractivity contribution in [3.8, 4) is 0 Å². The molecule has 132 valence electrons. The molecule has 4 nitrogen and oxygen atoms in total. The van der Waals surface area contributed by atoms with Gasteiger partial charge in [0.15, 0.2) is 5.78 Å². The van der Waals surface area contributed by atoms with Crippen molar-refractivity contribution in [3.05, 3.63) is 65.2 Å². The van der Waals surface area contributed by atoms with Crippen LogP contribution in [0.1, 0.15) is 42.3 Å². The van der Waals surface area contributed by atoms with Gasteiger partial charge in [-0.1, -0.05) is 43.3 Å². The van der Waals surface area contributed by atoms with E-state index in [4.69, 9.17) is 0 Å². The van der Waals surface area contributed by atoms with Gasteiger partial charge in [0, 0.05) is 17.8 Å². The number of carbonyl (C=O) groups is 2. The molecule has 2 aromatic rings. The number of likely N-dealkylation sites (N-methyl/N-ethyl adjacent to an activating group) is 1. The highest BCUT2D eigenvalue weighted by atomic mass is 16.2. The third-order valence-electron chi connectivity index (χ3n) is 4.44. The molecule has 0 saturated carbocycles. The van der Waals surface area contributed by atoms with Crippen LogP contribution in [0.15, 0.2) is 48.5 Å². The minimum absolute atomic E-state index is 0.0169. The molecule has 0 aliphatic heterocycles. The summed E-state index contributed by atoms with van der Waals surface area (Å²) in [7, 11) is 1.93. The number of Topliss-reactive ketones (excluding diaryl/α,β-unsaturated/α-hetero) is 1. The molecule has 0 bridgehead atoms. The number of anilines is 1. The predicted molar refractivity (Wildman–Crippen MR) is 102 cm³/mol. The number of nitrogens with zero attached hydrogens (tertiary/aromatic N) is 1. The van der Waals surface area contributed by atoms with Crippen molar-refractivity contribution in [1.82, 2.24) is 4.90 Å². The summed E-state index contributed by atoms with van der Waals surface area (Å²) >= 11 is 0. The lowest BCUT2D eigenvalue weighted by Crippen LogP contribution is -2.39. The molecule has 0 saturated heterocycles. The molecule has 2 rings (SSSR count). The van der Waals surface area contributed by atoms with Gasteiger partial charge in [0.1, 0.15) is 0 Å². The van der Waals surface area contributed by atoms with Crippen LogP contribution in [0, 0.1) is 0 Å². The number of benzene rings is 2. The molecule has 0 heterocycles. The van der Waals surface area contributed by atoms with Crippen molar-refractivity contribution in [2.75, 3.05) is 12.4 Å². The molecule has 0 unspecified atom stereocenters. The zero-order valence-electron chi connectivity index (χ0n) is 15.4. The number of ketones is 1. The lowest BCUT2D eigenvalue weighted by atomic mass is 10.1. The third kappa shape index (κ3) is 5.26. The van der Waals surface area contributed by atoms with E-state index in [2.05, 4.69) is 36.5 Å². The van der Waals surface area contributed by atoms with Crippen molar-refractivity contribution >= 4 is 17.4 Å². The third-order valence-corrected chi connectivity index (χ3v) is 4.44. The molecular weight excluding hydrogens is 312 g/mol. The van der Waals surface area contributed by atoms with E-state index in [0.717, 1.165) is 6.42 Å². The standard InChI is InChI=1S/C21H26N2O2/c1-5-17-9-11-18(12-10-17)14-23(4)15(2)21(25)22-20-8-6-7-19(13-20)16(3)24/h6-13,15H,5,14H2,1-4H3,(H,22,25)/t15-/m1/s1. The van der Waals surface area contributed by atoms with Gasteiger partial charge in [-0.3, -0.25) is 14.5 Å². The van der Waals surface area contributed by atoms with Crippen LogP contribution < -0.4 is 5.32 Å². The Balaban J connectivity index is 1.98. The van der Waals surface area contributed by atoms with Gasteiger partial charge >= 0.3 is 0 Å². The van der Waals surface area contributed by atoms with Crippen LogP contribution in [0.25, 0.3) is 0 Å². The molecule has 0 radical (unpaired) electrons. The number of hydrogen-bond donors (Lipinski definition) is 1. The fourth-order valence-corrected chi connectivity index (χ4v) is 2.57. The van der Waals surface area contributed by atoms with E-state index in [-0.39, 0.29) is 17.7 Å². The molecule has 0 spiro atoms. The van der Waals surface area contributed by atoms with Crippen molar-refractivity contribution in [1.29, 1.82) is 0 Å². The fourth-order valence-electron chi connectivity index (χ4n) is 2.57. The van der Waals surface area contributed by atoms with E-state index in [0.29, 0.717) is 17.8 Å². The normalized spacial score (nSPS) is 12.0. The second-order valence-corrected chi connectivity index (χ2v) is 6.39. The predicted octanol–water partition coefficient (Wildman–Crippen LogP) is 3.91. The molecule has 2 aromatic carbocycles. The van der Waals surface area contributed by atoms with E-state index >= 15 is 0 Å². The summed E-state index contributed by atoms with van der Waals surface area (Å²) in [5.41, 5.74) is 3.72. The first-order valence-corrected chi connectivity index (χ1v) is 8.60. The molecule has 1 atom stereocenters. The summed E-state index contributed by atoms with van der Waals surface area (Å²) in [6, 6.07) is 15.2. The first-order valence-electron chi connectivity index (χ1n) is 8.60. The van der Waals surface area contributed by atoms with Gasteiger partial charge in [-0.2, -0.15) is 0 Å². The van der Waals surface area contributed by atoms with Gasteiger partial charge in [-0.25, -0.2) is 0 Å². The highest BCUT2D eigenvalue weighted by Crippen LogP contribution is 2.14. The zero-order valence-corrected chi connectivity index (χ0v) is 15.4. The summed E-state index contributed by atoms with van der Waals surface area (Å²) in [6.07, 6.45) is 1.02. The SMILES string of the molecule is CCc1ccc(CN(C)[C@H](C)C(=O)Nc2cccc(C(C)=O)c2)cc1. The molecule has 0 aliphatic rings. The molecular formula is C21H26N2O2. The molecule has 0 aromatic heterocycles. The fraction of sp³-hybridized carbons (Fsp3) is 0.333. The highest BCUT2D eigenvalue weighted by Gasteiger charge is 2.18. The van der Waals surface area contributed by atoms with Crippen molar-refractivity contribution in [3.63, 3.8) is 0 Å². The summed E-state index contributed by atoms with van der Waals surface area (Å²) < 4.78 is 0. The first-order chi connectivity index (χ1) is 11.9. The largest absolute Gasteiger partial charge is 0.325 e. The second kappa shape index (κ2) is 8.58. The lowest BCUT2D eigenvalue weighted by molar-refractivity contribution is -0.120. The zero-order chi connectivity index (χ0) is 18.4.